The minimum atomic E-state index is 0.824. The van der Waals surface area contributed by atoms with Gasteiger partial charge in [0.05, 0.1) is 22.2 Å². The number of hydrogen-bond donors (Lipinski definition) is 1. The molecule has 0 atom stereocenters. The Labute approximate surface area is 134 Å². The summed E-state index contributed by atoms with van der Waals surface area (Å²) >= 11 is 0. The molecule has 3 heteroatoms. The molecule has 0 saturated carbocycles. The summed E-state index contributed by atoms with van der Waals surface area (Å²) in [4.78, 5) is 12.9. The molecule has 0 fully saturated rings. The summed E-state index contributed by atoms with van der Waals surface area (Å²) in [6.45, 7) is 12.0. The zero-order valence-electron chi connectivity index (χ0n) is 13.3. The van der Waals surface area contributed by atoms with E-state index in [4.69, 9.17) is 4.98 Å². The highest BCUT2D eigenvalue weighted by molar-refractivity contribution is 6.19. The zero-order valence-corrected chi connectivity index (χ0v) is 13.3. The molecule has 112 valence electrons. The Morgan fingerprint density at radius 2 is 1.65 bits per heavy atom. The Kier molecular flexibility index (Phi) is 2.85. The standard InChI is InChI=1S/C20H17N3/c1-11(2)18-14-9-10-16-19(23-20(22-16)12(3)4)17(14)13-7-5-6-8-15(13)21-18/h5-10H,1,3H2,2,4H3,(H,22,23). The molecule has 0 aliphatic heterocycles. The Morgan fingerprint density at radius 3 is 2.39 bits per heavy atom. The average Bonchev–Trinajstić information content (AvgIpc) is 2.98. The van der Waals surface area contributed by atoms with E-state index in [1.165, 1.54) is 0 Å². The molecule has 0 aliphatic carbocycles. The second kappa shape index (κ2) is 4.78. The number of aromatic nitrogens is 3. The van der Waals surface area contributed by atoms with Gasteiger partial charge >= 0.3 is 0 Å². The highest BCUT2D eigenvalue weighted by Gasteiger charge is 2.14. The molecule has 1 N–H and O–H groups in total. The molecule has 3 nitrogen and oxygen atoms in total. The summed E-state index contributed by atoms with van der Waals surface area (Å²) < 4.78 is 0. The summed E-state index contributed by atoms with van der Waals surface area (Å²) in [5.41, 5.74) is 5.76. The van der Waals surface area contributed by atoms with Gasteiger partial charge in [-0.2, -0.15) is 0 Å². The van der Waals surface area contributed by atoms with Crippen molar-refractivity contribution in [2.45, 2.75) is 13.8 Å². The third-order valence-corrected chi connectivity index (χ3v) is 4.13. The summed E-state index contributed by atoms with van der Waals surface area (Å²) in [5.74, 6) is 0.824. The van der Waals surface area contributed by atoms with E-state index in [0.29, 0.717) is 0 Å². The van der Waals surface area contributed by atoms with Crippen molar-refractivity contribution in [2.24, 2.45) is 0 Å². The lowest BCUT2D eigenvalue weighted by Crippen LogP contribution is -1.92. The number of H-pyrrole nitrogens is 1. The Bertz CT molecular complexity index is 1120. The van der Waals surface area contributed by atoms with Gasteiger partial charge < -0.3 is 4.98 Å². The first-order valence-corrected chi connectivity index (χ1v) is 7.59. The smallest absolute Gasteiger partial charge is 0.133 e. The first-order chi connectivity index (χ1) is 11.1. The van der Waals surface area contributed by atoms with Gasteiger partial charge in [0.25, 0.3) is 0 Å². The van der Waals surface area contributed by atoms with Gasteiger partial charge in [-0.15, -0.1) is 0 Å². The molecule has 0 aliphatic rings. The van der Waals surface area contributed by atoms with Gasteiger partial charge in [0.15, 0.2) is 0 Å². The Balaban J connectivity index is 2.30. The minimum Gasteiger partial charge on any atom is -0.338 e. The monoisotopic (exact) mass is 299 g/mol. The summed E-state index contributed by atoms with van der Waals surface area (Å²) in [6, 6.07) is 12.3. The normalized spacial score (nSPS) is 11.4. The van der Waals surface area contributed by atoms with Crippen LogP contribution < -0.4 is 0 Å². The lowest BCUT2D eigenvalue weighted by Gasteiger charge is -2.10. The third kappa shape index (κ3) is 1.97. The number of rotatable bonds is 2. The van der Waals surface area contributed by atoms with Gasteiger partial charge in [0.1, 0.15) is 5.82 Å². The van der Waals surface area contributed by atoms with Gasteiger partial charge in [-0.1, -0.05) is 31.4 Å². The van der Waals surface area contributed by atoms with Crippen molar-refractivity contribution in [3.63, 3.8) is 0 Å². The number of nitrogens with one attached hydrogen (secondary N) is 1. The lowest BCUT2D eigenvalue weighted by molar-refractivity contribution is 1.26. The van der Waals surface area contributed by atoms with E-state index in [1.807, 2.05) is 38.1 Å². The van der Waals surface area contributed by atoms with Gasteiger partial charge in [-0.05, 0) is 43.2 Å². The number of para-hydroxylation sites is 1. The highest BCUT2D eigenvalue weighted by Crippen LogP contribution is 2.34. The average molecular weight is 299 g/mol. The van der Waals surface area contributed by atoms with E-state index in [0.717, 1.165) is 55.4 Å². The number of allylic oxidation sites excluding steroid dienone is 2. The third-order valence-electron chi connectivity index (χ3n) is 4.13. The van der Waals surface area contributed by atoms with Crippen LogP contribution in [0.4, 0.5) is 0 Å². The van der Waals surface area contributed by atoms with E-state index in [1.54, 1.807) is 0 Å². The maximum Gasteiger partial charge on any atom is 0.133 e. The number of aromatic amines is 1. The SMILES string of the molecule is C=C(C)c1nc2ccc3c(C(=C)C)nc4ccccc4c3c2[nH]1. The predicted octanol–water partition coefficient (Wildman–Crippen LogP) is 5.33. The molecule has 0 spiro atoms. The van der Waals surface area contributed by atoms with Crippen LogP contribution in [-0.2, 0) is 0 Å². The molecule has 0 saturated heterocycles. The van der Waals surface area contributed by atoms with Crippen LogP contribution >= 0.6 is 0 Å². The van der Waals surface area contributed by atoms with E-state index in [9.17, 15) is 0 Å². The van der Waals surface area contributed by atoms with Gasteiger partial charge in [-0.3, -0.25) is 0 Å². The lowest BCUT2D eigenvalue weighted by atomic mass is 10.00. The molecule has 2 aromatic heterocycles. The molecule has 0 bridgehead atoms. The molecule has 0 amide bonds. The molecule has 23 heavy (non-hydrogen) atoms. The zero-order chi connectivity index (χ0) is 16.1. The Morgan fingerprint density at radius 1 is 0.870 bits per heavy atom. The van der Waals surface area contributed by atoms with Crippen molar-refractivity contribution >= 4 is 43.9 Å². The summed E-state index contributed by atoms with van der Waals surface area (Å²) in [6.07, 6.45) is 0. The second-order valence-electron chi connectivity index (χ2n) is 6.01. The summed E-state index contributed by atoms with van der Waals surface area (Å²) in [5, 5.41) is 3.36. The first kappa shape index (κ1) is 13.7. The number of imidazole rings is 1. The van der Waals surface area contributed by atoms with Crippen LogP contribution in [0, 0.1) is 0 Å². The van der Waals surface area contributed by atoms with Crippen LogP contribution in [0.1, 0.15) is 25.4 Å². The van der Waals surface area contributed by atoms with Crippen LogP contribution in [0.15, 0.2) is 49.6 Å². The molecule has 4 aromatic rings. The largest absolute Gasteiger partial charge is 0.338 e. The van der Waals surface area contributed by atoms with Gasteiger partial charge in [0.2, 0.25) is 0 Å². The number of benzene rings is 2. The van der Waals surface area contributed by atoms with Crippen molar-refractivity contribution in [3.8, 4) is 0 Å². The second-order valence-corrected chi connectivity index (χ2v) is 6.01. The fourth-order valence-corrected chi connectivity index (χ4v) is 3.05. The topological polar surface area (TPSA) is 41.6 Å². The molecule has 0 unspecified atom stereocenters. The number of nitrogens with zero attached hydrogens (tertiary/aromatic N) is 2. The molecule has 4 rings (SSSR count). The molecule has 0 radical (unpaired) electrons. The maximum atomic E-state index is 4.80. The number of hydrogen-bond acceptors (Lipinski definition) is 2. The van der Waals surface area contributed by atoms with Crippen molar-refractivity contribution in [3.05, 3.63) is 61.1 Å². The highest BCUT2D eigenvalue weighted by atomic mass is 14.9. The maximum absolute atomic E-state index is 4.80. The fourth-order valence-electron chi connectivity index (χ4n) is 3.05. The van der Waals surface area contributed by atoms with Crippen LogP contribution in [0.2, 0.25) is 0 Å². The van der Waals surface area contributed by atoms with Crippen LogP contribution in [0.3, 0.4) is 0 Å². The van der Waals surface area contributed by atoms with E-state index in [-0.39, 0.29) is 0 Å². The minimum absolute atomic E-state index is 0.824. The van der Waals surface area contributed by atoms with Crippen molar-refractivity contribution in [1.82, 2.24) is 15.0 Å². The van der Waals surface area contributed by atoms with E-state index >= 15 is 0 Å². The molecule has 2 aromatic carbocycles. The van der Waals surface area contributed by atoms with Crippen LogP contribution in [0.5, 0.6) is 0 Å². The quantitative estimate of drug-likeness (QED) is 0.508. The van der Waals surface area contributed by atoms with E-state index < -0.39 is 0 Å². The van der Waals surface area contributed by atoms with Gasteiger partial charge in [0, 0.05) is 16.2 Å². The predicted molar refractivity (Wildman–Crippen MR) is 98.3 cm³/mol. The number of pyridine rings is 1. The molecular formula is C20H17N3. The van der Waals surface area contributed by atoms with Crippen molar-refractivity contribution in [1.29, 1.82) is 0 Å². The molecular weight excluding hydrogens is 282 g/mol. The Hall–Kier alpha value is -2.94. The fraction of sp³-hybridized carbons (Fsp3) is 0.100. The summed E-state index contributed by atoms with van der Waals surface area (Å²) in [7, 11) is 0. The number of fused-ring (bicyclic) bond motifs is 5. The van der Waals surface area contributed by atoms with Crippen molar-refractivity contribution in [2.75, 3.05) is 0 Å². The van der Waals surface area contributed by atoms with Crippen LogP contribution in [0.25, 0.3) is 43.9 Å². The van der Waals surface area contributed by atoms with E-state index in [2.05, 4.69) is 35.3 Å². The van der Waals surface area contributed by atoms with Crippen LogP contribution in [-0.4, -0.2) is 15.0 Å². The van der Waals surface area contributed by atoms with Gasteiger partial charge in [-0.25, -0.2) is 9.97 Å². The molecule has 2 heterocycles. The first-order valence-electron chi connectivity index (χ1n) is 7.59. The van der Waals surface area contributed by atoms with Crippen molar-refractivity contribution < 1.29 is 0 Å².